The molecule has 0 aliphatic rings. The first-order chi connectivity index (χ1) is 14.6. The second kappa shape index (κ2) is 8.66. The summed E-state index contributed by atoms with van der Waals surface area (Å²) in [5, 5.41) is 9.10. The van der Waals surface area contributed by atoms with Crippen molar-refractivity contribution in [1.82, 2.24) is 4.57 Å². The smallest absolute Gasteiger partial charge is 0.303 e. The van der Waals surface area contributed by atoms with E-state index in [4.69, 9.17) is 9.84 Å². The summed E-state index contributed by atoms with van der Waals surface area (Å²) in [7, 11) is 0. The van der Waals surface area contributed by atoms with E-state index in [0.717, 1.165) is 28.4 Å². The summed E-state index contributed by atoms with van der Waals surface area (Å²) >= 11 is 0. The molecular formula is C25H20FNO3. The fourth-order valence-corrected chi connectivity index (χ4v) is 3.35. The molecule has 5 heteroatoms. The first-order valence-corrected chi connectivity index (χ1v) is 9.62. The fourth-order valence-electron chi connectivity index (χ4n) is 3.35. The van der Waals surface area contributed by atoms with Crippen molar-refractivity contribution < 1.29 is 19.0 Å². The van der Waals surface area contributed by atoms with E-state index in [0.29, 0.717) is 12.2 Å². The van der Waals surface area contributed by atoms with E-state index in [1.807, 2.05) is 71.3 Å². The van der Waals surface area contributed by atoms with Crippen molar-refractivity contribution in [2.45, 2.75) is 12.8 Å². The molecule has 4 aromatic rings. The molecule has 0 amide bonds. The number of carboxylic acid groups (broad SMARTS) is 1. The summed E-state index contributed by atoms with van der Waals surface area (Å²) in [6.45, 7) is 0. The van der Waals surface area contributed by atoms with Gasteiger partial charge in [-0.15, -0.1) is 0 Å². The van der Waals surface area contributed by atoms with E-state index in [9.17, 15) is 9.18 Å². The van der Waals surface area contributed by atoms with Crippen molar-refractivity contribution in [2.24, 2.45) is 0 Å². The third kappa shape index (κ3) is 4.41. The number of hydrogen-bond acceptors (Lipinski definition) is 2. The van der Waals surface area contributed by atoms with Gasteiger partial charge >= 0.3 is 5.97 Å². The van der Waals surface area contributed by atoms with Crippen molar-refractivity contribution in [3.63, 3.8) is 0 Å². The quantitative estimate of drug-likeness (QED) is 0.407. The molecule has 0 spiro atoms. The highest BCUT2D eigenvalue weighted by Gasteiger charge is 2.13. The molecule has 3 aromatic carbocycles. The topological polar surface area (TPSA) is 51.5 Å². The van der Waals surface area contributed by atoms with E-state index in [-0.39, 0.29) is 12.2 Å². The van der Waals surface area contributed by atoms with Crippen LogP contribution >= 0.6 is 0 Å². The van der Waals surface area contributed by atoms with Crippen LogP contribution in [0, 0.1) is 5.82 Å². The molecule has 4 rings (SSSR count). The standard InChI is InChI=1S/C25H20FNO3/c26-19-8-6-18(7-9-19)24-16-12-21(13-17-25(28)29)27(24)20-10-14-23(15-11-20)30-22-4-2-1-3-5-22/h1-12,14-16H,13,17H2,(H,28,29). The number of hydrogen-bond donors (Lipinski definition) is 1. The lowest BCUT2D eigenvalue weighted by Gasteiger charge is -2.15. The van der Waals surface area contributed by atoms with Crippen LogP contribution in [0.2, 0.25) is 0 Å². The normalized spacial score (nSPS) is 10.7. The number of ether oxygens (including phenoxy) is 1. The van der Waals surface area contributed by atoms with Gasteiger partial charge in [0.1, 0.15) is 17.3 Å². The van der Waals surface area contributed by atoms with Gasteiger partial charge in [-0.05, 0) is 84.8 Å². The Morgan fingerprint density at radius 3 is 2.17 bits per heavy atom. The van der Waals surface area contributed by atoms with Crippen LogP contribution in [0.15, 0.2) is 91.0 Å². The Hall–Kier alpha value is -3.86. The van der Waals surface area contributed by atoms with E-state index in [1.165, 1.54) is 12.1 Å². The molecule has 0 fully saturated rings. The molecule has 0 unspecified atom stereocenters. The third-order valence-corrected chi connectivity index (χ3v) is 4.77. The van der Waals surface area contributed by atoms with Gasteiger partial charge in [0.2, 0.25) is 0 Å². The van der Waals surface area contributed by atoms with Crippen LogP contribution in [-0.2, 0) is 11.2 Å². The molecular weight excluding hydrogens is 381 g/mol. The predicted molar refractivity (Wildman–Crippen MR) is 114 cm³/mol. The second-order valence-electron chi connectivity index (χ2n) is 6.85. The lowest BCUT2D eigenvalue weighted by Crippen LogP contribution is -2.05. The second-order valence-corrected chi connectivity index (χ2v) is 6.85. The lowest BCUT2D eigenvalue weighted by molar-refractivity contribution is -0.136. The molecule has 0 bridgehead atoms. The number of rotatable bonds is 7. The molecule has 30 heavy (non-hydrogen) atoms. The van der Waals surface area contributed by atoms with Crippen molar-refractivity contribution in [3.05, 3.63) is 103 Å². The van der Waals surface area contributed by atoms with Crippen molar-refractivity contribution in [1.29, 1.82) is 0 Å². The largest absolute Gasteiger partial charge is 0.481 e. The van der Waals surface area contributed by atoms with E-state index in [2.05, 4.69) is 0 Å². The molecule has 150 valence electrons. The highest BCUT2D eigenvalue weighted by atomic mass is 19.1. The maximum Gasteiger partial charge on any atom is 0.303 e. The van der Waals surface area contributed by atoms with Gasteiger partial charge in [-0.1, -0.05) is 18.2 Å². The monoisotopic (exact) mass is 401 g/mol. The Balaban J connectivity index is 1.69. The van der Waals surface area contributed by atoms with Crippen LogP contribution in [0.1, 0.15) is 12.1 Å². The molecule has 0 aliphatic carbocycles. The number of aliphatic carboxylic acids is 1. The van der Waals surface area contributed by atoms with Crippen molar-refractivity contribution in [3.8, 4) is 28.4 Å². The average Bonchev–Trinajstić information content (AvgIpc) is 3.18. The highest BCUT2D eigenvalue weighted by Crippen LogP contribution is 2.29. The number of carbonyl (C=O) groups is 1. The summed E-state index contributed by atoms with van der Waals surface area (Å²) in [5.74, 6) is 0.302. The average molecular weight is 401 g/mol. The minimum atomic E-state index is -0.849. The fraction of sp³-hybridized carbons (Fsp3) is 0.0800. The van der Waals surface area contributed by atoms with Gasteiger partial charge in [-0.2, -0.15) is 0 Å². The molecule has 1 aromatic heterocycles. The Labute approximate surface area is 173 Å². The molecule has 0 aliphatic heterocycles. The summed E-state index contributed by atoms with van der Waals surface area (Å²) in [5.41, 5.74) is 3.46. The number of para-hydroxylation sites is 1. The molecule has 0 saturated heterocycles. The number of aryl methyl sites for hydroxylation is 1. The van der Waals surface area contributed by atoms with Crippen LogP contribution in [0.5, 0.6) is 11.5 Å². The summed E-state index contributed by atoms with van der Waals surface area (Å²) < 4.78 is 21.2. The number of nitrogens with zero attached hydrogens (tertiary/aromatic N) is 1. The van der Waals surface area contributed by atoms with Crippen LogP contribution < -0.4 is 4.74 Å². The van der Waals surface area contributed by atoms with Crippen LogP contribution in [0.4, 0.5) is 4.39 Å². The summed E-state index contributed by atoms with van der Waals surface area (Å²) in [4.78, 5) is 11.1. The maximum atomic E-state index is 13.4. The molecule has 1 N–H and O–H groups in total. The lowest BCUT2D eigenvalue weighted by atomic mass is 10.1. The van der Waals surface area contributed by atoms with E-state index < -0.39 is 5.97 Å². The zero-order valence-corrected chi connectivity index (χ0v) is 16.2. The van der Waals surface area contributed by atoms with E-state index in [1.54, 1.807) is 12.1 Å². The van der Waals surface area contributed by atoms with E-state index >= 15 is 0 Å². The Morgan fingerprint density at radius 2 is 1.50 bits per heavy atom. The Kier molecular flexibility index (Phi) is 5.61. The van der Waals surface area contributed by atoms with Crippen molar-refractivity contribution >= 4 is 5.97 Å². The number of benzene rings is 3. The predicted octanol–water partition coefficient (Wildman–Crippen LogP) is 6.09. The Morgan fingerprint density at radius 1 is 0.833 bits per heavy atom. The summed E-state index contributed by atoms with van der Waals surface area (Å²) in [6, 6.07) is 27.2. The van der Waals surface area contributed by atoms with Gasteiger partial charge in [-0.25, -0.2) is 4.39 Å². The minimum Gasteiger partial charge on any atom is -0.481 e. The molecule has 0 saturated carbocycles. The highest BCUT2D eigenvalue weighted by molar-refractivity contribution is 5.68. The van der Waals surface area contributed by atoms with Gasteiger partial charge in [-0.3, -0.25) is 4.79 Å². The summed E-state index contributed by atoms with van der Waals surface area (Å²) in [6.07, 6.45) is 0.418. The first-order valence-electron chi connectivity index (χ1n) is 9.62. The molecule has 1 heterocycles. The van der Waals surface area contributed by atoms with Gasteiger partial charge in [0, 0.05) is 11.4 Å². The molecule has 4 nitrogen and oxygen atoms in total. The zero-order chi connectivity index (χ0) is 20.9. The van der Waals surface area contributed by atoms with Crippen molar-refractivity contribution in [2.75, 3.05) is 0 Å². The third-order valence-electron chi connectivity index (χ3n) is 4.77. The SMILES string of the molecule is O=C(O)CCc1ccc(-c2ccc(F)cc2)n1-c1ccc(Oc2ccccc2)cc1. The van der Waals surface area contributed by atoms with Gasteiger partial charge in [0.05, 0.1) is 12.1 Å². The molecule has 0 radical (unpaired) electrons. The van der Waals surface area contributed by atoms with Gasteiger partial charge in [0.15, 0.2) is 0 Å². The van der Waals surface area contributed by atoms with Crippen LogP contribution in [0.3, 0.4) is 0 Å². The van der Waals surface area contributed by atoms with Gasteiger partial charge < -0.3 is 14.4 Å². The van der Waals surface area contributed by atoms with Crippen LogP contribution in [-0.4, -0.2) is 15.6 Å². The van der Waals surface area contributed by atoms with Crippen LogP contribution in [0.25, 0.3) is 16.9 Å². The Bertz CT molecular complexity index is 1130. The minimum absolute atomic E-state index is 0.0298. The number of halogens is 1. The zero-order valence-electron chi connectivity index (χ0n) is 16.2. The molecule has 0 atom stereocenters. The number of carboxylic acids is 1. The number of aromatic nitrogens is 1. The first kappa shape index (κ1) is 19.5. The maximum absolute atomic E-state index is 13.4. The van der Waals surface area contributed by atoms with Gasteiger partial charge in [0.25, 0.3) is 0 Å².